The SMILES string of the molecule is C=CC(=O)N1CCC(Nc2ccc3cccnc3c2)(c2cccc(Cl)c2C)C1. The standard InChI is InChI=1S/C23H22ClN3O/c1-3-22(28)27-13-11-23(15-27,19-7-4-8-20(24)16(19)2)26-18-10-9-17-6-5-12-25-21(17)14-18/h3-10,12,14,26H,1,11,13,15H2,2H3. The molecule has 2 heterocycles. The maximum Gasteiger partial charge on any atom is 0.246 e. The number of fused-ring (bicyclic) bond motifs is 1. The molecule has 1 N–H and O–H groups in total. The number of carbonyl (C=O) groups excluding carboxylic acids is 1. The summed E-state index contributed by atoms with van der Waals surface area (Å²) >= 11 is 6.43. The average Bonchev–Trinajstić information content (AvgIpc) is 3.14. The van der Waals surface area contributed by atoms with E-state index in [1.54, 1.807) is 6.20 Å². The fourth-order valence-corrected chi connectivity index (χ4v) is 4.24. The minimum atomic E-state index is -0.421. The number of pyridine rings is 1. The van der Waals surface area contributed by atoms with Gasteiger partial charge in [0.15, 0.2) is 0 Å². The van der Waals surface area contributed by atoms with Crippen LogP contribution in [-0.2, 0) is 10.3 Å². The number of hydrogen-bond donors (Lipinski definition) is 1. The van der Waals surface area contributed by atoms with E-state index in [9.17, 15) is 4.79 Å². The van der Waals surface area contributed by atoms with Crippen LogP contribution >= 0.6 is 11.6 Å². The predicted octanol–water partition coefficient (Wildman–Crippen LogP) is 4.92. The van der Waals surface area contributed by atoms with Crippen LogP contribution in [0, 0.1) is 6.92 Å². The molecule has 2 aromatic carbocycles. The molecule has 1 saturated heterocycles. The molecule has 0 aliphatic carbocycles. The first-order valence-electron chi connectivity index (χ1n) is 9.32. The van der Waals surface area contributed by atoms with Crippen LogP contribution in [0.2, 0.25) is 5.02 Å². The minimum absolute atomic E-state index is 0.0523. The van der Waals surface area contributed by atoms with Crippen LogP contribution in [0.3, 0.4) is 0 Å². The van der Waals surface area contributed by atoms with Crippen molar-refractivity contribution < 1.29 is 4.79 Å². The summed E-state index contributed by atoms with van der Waals surface area (Å²) in [6.45, 7) is 6.88. The number of hydrogen-bond acceptors (Lipinski definition) is 3. The quantitative estimate of drug-likeness (QED) is 0.642. The Balaban J connectivity index is 1.77. The number of nitrogens with zero attached hydrogens (tertiary/aromatic N) is 2. The second kappa shape index (κ2) is 7.28. The van der Waals surface area contributed by atoms with Gasteiger partial charge in [0, 0.05) is 35.4 Å². The first-order chi connectivity index (χ1) is 13.5. The van der Waals surface area contributed by atoms with Crippen LogP contribution in [0.25, 0.3) is 10.9 Å². The average molecular weight is 392 g/mol. The summed E-state index contributed by atoms with van der Waals surface area (Å²) in [6.07, 6.45) is 3.96. The summed E-state index contributed by atoms with van der Waals surface area (Å²) in [4.78, 5) is 18.6. The largest absolute Gasteiger partial charge is 0.374 e. The summed E-state index contributed by atoms with van der Waals surface area (Å²) in [5.74, 6) is -0.0523. The second-order valence-electron chi connectivity index (χ2n) is 7.24. The molecule has 4 rings (SSSR count). The van der Waals surface area contributed by atoms with E-state index >= 15 is 0 Å². The van der Waals surface area contributed by atoms with E-state index in [2.05, 4.69) is 41.1 Å². The van der Waals surface area contributed by atoms with Gasteiger partial charge in [0.1, 0.15) is 0 Å². The number of carbonyl (C=O) groups is 1. The predicted molar refractivity (Wildman–Crippen MR) is 115 cm³/mol. The summed E-state index contributed by atoms with van der Waals surface area (Å²) in [5, 5.41) is 5.54. The van der Waals surface area contributed by atoms with Gasteiger partial charge >= 0.3 is 0 Å². The molecule has 5 heteroatoms. The zero-order valence-corrected chi connectivity index (χ0v) is 16.5. The third kappa shape index (κ3) is 3.25. The fourth-order valence-electron chi connectivity index (χ4n) is 4.06. The van der Waals surface area contributed by atoms with Crippen LogP contribution in [-0.4, -0.2) is 28.9 Å². The van der Waals surface area contributed by atoms with Crippen molar-refractivity contribution in [3.63, 3.8) is 0 Å². The Morgan fingerprint density at radius 3 is 2.96 bits per heavy atom. The van der Waals surface area contributed by atoms with Gasteiger partial charge in [-0.15, -0.1) is 0 Å². The van der Waals surface area contributed by atoms with Crippen molar-refractivity contribution in [1.29, 1.82) is 0 Å². The number of halogens is 1. The molecule has 142 valence electrons. The number of likely N-dealkylation sites (tertiary alicyclic amines) is 1. The molecule has 1 unspecified atom stereocenters. The lowest BCUT2D eigenvalue weighted by Gasteiger charge is -2.34. The van der Waals surface area contributed by atoms with E-state index in [0.29, 0.717) is 13.1 Å². The molecule has 0 saturated carbocycles. The lowest BCUT2D eigenvalue weighted by Crippen LogP contribution is -2.40. The van der Waals surface area contributed by atoms with E-state index in [1.807, 2.05) is 36.1 Å². The van der Waals surface area contributed by atoms with Crippen molar-refractivity contribution in [2.75, 3.05) is 18.4 Å². The first-order valence-corrected chi connectivity index (χ1v) is 9.70. The van der Waals surface area contributed by atoms with Crippen LogP contribution < -0.4 is 5.32 Å². The highest BCUT2D eigenvalue weighted by Crippen LogP contribution is 2.39. The zero-order valence-electron chi connectivity index (χ0n) is 15.8. The van der Waals surface area contributed by atoms with E-state index in [-0.39, 0.29) is 5.91 Å². The molecule has 4 nitrogen and oxygen atoms in total. The van der Waals surface area contributed by atoms with Gasteiger partial charge in [-0.2, -0.15) is 0 Å². The Hall–Kier alpha value is -2.85. The monoisotopic (exact) mass is 391 g/mol. The van der Waals surface area contributed by atoms with Crippen molar-refractivity contribution in [3.05, 3.63) is 83.5 Å². The molecule has 3 aromatic rings. The lowest BCUT2D eigenvalue weighted by molar-refractivity contribution is -0.125. The van der Waals surface area contributed by atoms with Crippen LogP contribution in [0.5, 0.6) is 0 Å². The van der Waals surface area contributed by atoms with E-state index in [1.165, 1.54) is 6.08 Å². The number of nitrogens with one attached hydrogen (secondary N) is 1. The Morgan fingerprint density at radius 2 is 2.14 bits per heavy atom. The summed E-state index contributed by atoms with van der Waals surface area (Å²) in [6, 6.07) is 16.1. The van der Waals surface area contributed by atoms with Crippen molar-refractivity contribution in [3.8, 4) is 0 Å². The number of aromatic nitrogens is 1. The minimum Gasteiger partial charge on any atom is -0.374 e. The summed E-state index contributed by atoms with van der Waals surface area (Å²) in [7, 11) is 0. The van der Waals surface area contributed by atoms with Gasteiger partial charge in [-0.25, -0.2) is 0 Å². The van der Waals surface area contributed by atoms with Crippen molar-refractivity contribution in [2.24, 2.45) is 0 Å². The Labute approximate surface area is 169 Å². The van der Waals surface area contributed by atoms with Gasteiger partial charge in [-0.05, 0) is 54.8 Å². The maximum atomic E-state index is 12.3. The molecule has 1 amide bonds. The van der Waals surface area contributed by atoms with E-state index in [4.69, 9.17) is 11.6 Å². The van der Waals surface area contributed by atoms with Crippen molar-refractivity contribution >= 4 is 34.1 Å². The zero-order chi connectivity index (χ0) is 19.7. The third-order valence-electron chi connectivity index (χ3n) is 5.53. The highest BCUT2D eigenvalue weighted by molar-refractivity contribution is 6.31. The van der Waals surface area contributed by atoms with Crippen molar-refractivity contribution in [2.45, 2.75) is 18.9 Å². The third-order valence-corrected chi connectivity index (χ3v) is 5.94. The first kappa shape index (κ1) is 18.5. The Morgan fingerprint density at radius 1 is 1.29 bits per heavy atom. The maximum absolute atomic E-state index is 12.3. The number of benzene rings is 2. The highest BCUT2D eigenvalue weighted by atomic mass is 35.5. The van der Waals surface area contributed by atoms with Gasteiger partial charge < -0.3 is 10.2 Å². The molecular weight excluding hydrogens is 370 g/mol. The second-order valence-corrected chi connectivity index (χ2v) is 7.65. The molecule has 1 aliphatic heterocycles. The molecule has 1 atom stereocenters. The van der Waals surface area contributed by atoms with Gasteiger partial charge in [-0.1, -0.05) is 42.4 Å². The van der Waals surface area contributed by atoms with Gasteiger partial charge in [0.05, 0.1) is 11.1 Å². The summed E-state index contributed by atoms with van der Waals surface area (Å²) < 4.78 is 0. The van der Waals surface area contributed by atoms with Crippen LogP contribution in [0.4, 0.5) is 5.69 Å². The molecule has 0 bridgehead atoms. The van der Waals surface area contributed by atoms with Crippen LogP contribution in [0.1, 0.15) is 17.5 Å². The topological polar surface area (TPSA) is 45.2 Å². The lowest BCUT2D eigenvalue weighted by atomic mass is 9.85. The molecule has 28 heavy (non-hydrogen) atoms. The van der Waals surface area contributed by atoms with Gasteiger partial charge in [0.2, 0.25) is 5.91 Å². The molecule has 1 aromatic heterocycles. The molecule has 0 radical (unpaired) electrons. The Bertz CT molecular complexity index is 1060. The van der Waals surface area contributed by atoms with E-state index < -0.39 is 5.54 Å². The van der Waals surface area contributed by atoms with Gasteiger partial charge in [-0.3, -0.25) is 9.78 Å². The highest BCUT2D eigenvalue weighted by Gasteiger charge is 2.42. The molecule has 0 spiro atoms. The van der Waals surface area contributed by atoms with Crippen LogP contribution in [0.15, 0.2) is 67.4 Å². The fraction of sp³-hybridized carbons (Fsp3) is 0.217. The van der Waals surface area contributed by atoms with E-state index in [0.717, 1.165) is 39.2 Å². The van der Waals surface area contributed by atoms with Gasteiger partial charge in [0.25, 0.3) is 0 Å². The summed E-state index contributed by atoms with van der Waals surface area (Å²) in [5.41, 5.74) is 3.63. The molecule has 1 fully saturated rings. The Kier molecular flexibility index (Phi) is 4.82. The van der Waals surface area contributed by atoms with Crippen molar-refractivity contribution in [1.82, 2.24) is 9.88 Å². The number of amides is 1. The smallest absolute Gasteiger partial charge is 0.246 e. The normalized spacial score (nSPS) is 19.0. The molecular formula is C23H22ClN3O. The molecule has 1 aliphatic rings. The number of rotatable bonds is 4. The number of anilines is 1.